The molecule has 3 rings (SSSR count). The minimum absolute atomic E-state index is 0.0196. The molecule has 0 radical (unpaired) electrons. The number of alkyl halides is 3. The van der Waals surface area contributed by atoms with Crippen LogP contribution < -0.4 is 8.92 Å². The van der Waals surface area contributed by atoms with Crippen molar-refractivity contribution in [2.24, 2.45) is 5.92 Å². The van der Waals surface area contributed by atoms with Crippen molar-refractivity contribution >= 4 is 16.0 Å². The first-order valence-electron chi connectivity index (χ1n) is 11.1. The molecule has 1 amide bonds. The van der Waals surface area contributed by atoms with E-state index in [2.05, 4.69) is 0 Å². The summed E-state index contributed by atoms with van der Waals surface area (Å²) in [7, 11) is -3.38. The number of rotatable bonds is 9. The second-order valence-corrected chi connectivity index (χ2v) is 10.2. The minimum atomic E-state index is -4.74. The van der Waals surface area contributed by atoms with Crippen LogP contribution in [0, 0.1) is 11.7 Å². The molecule has 198 valence electrons. The number of methoxy groups -OCH3 is 1. The molecule has 0 spiro atoms. The lowest BCUT2D eigenvalue weighted by Crippen LogP contribution is -2.33. The van der Waals surface area contributed by atoms with Gasteiger partial charge in [0.1, 0.15) is 10.7 Å². The van der Waals surface area contributed by atoms with E-state index < -0.39 is 38.5 Å². The van der Waals surface area contributed by atoms with Gasteiger partial charge in [0.25, 0.3) is 5.91 Å². The average molecular weight is 540 g/mol. The highest BCUT2D eigenvalue weighted by molar-refractivity contribution is 7.87. The molecule has 3 aromatic rings. The number of benzene rings is 3. The summed E-state index contributed by atoms with van der Waals surface area (Å²) < 4.78 is 88.8. The predicted molar refractivity (Wildman–Crippen MR) is 128 cm³/mol. The third-order valence-corrected chi connectivity index (χ3v) is 6.43. The molecule has 0 aliphatic carbocycles. The van der Waals surface area contributed by atoms with Crippen molar-refractivity contribution in [1.82, 2.24) is 4.90 Å². The standard InChI is InChI=1S/C26H25F4NO5S/c1-17(2)15-31(25(32)19-6-4-8-21(27)13-19)16-18-10-11-23(35-3)24(12-18)36-37(33,34)22-9-5-7-20(14-22)26(28,29)30/h4-14,17H,15-16H2,1-3H3. The molecule has 0 N–H and O–H groups in total. The van der Waals surface area contributed by atoms with Crippen LogP contribution >= 0.6 is 0 Å². The summed E-state index contributed by atoms with van der Waals surface area (Å²) in [6.45, 7) is 4.14. The fraction of sp³-hybridized carbons (Fsp3) is 0.269. The van der Waals surface area contributed by atoms with Gasteiger partial charge >= 0.3 is 16.3 Å². The maximum Gasteiger partial charge on any atom is 0.416 e. The Morgan fingerprint density at radius 3 is 2.30 bits per heavy atom. The van der Waals surface area contributed by atoms with Gasteiger partial charge in [-0.15, -0.1) is 0 Å². The normalized spacial score (nSPS) is 11.9. The van der Waals surface area contributed by atoms with Crippen LogP contribution in [0.2, 0.25) is 0 Å². The Morgan fingerprint density at radius 1 is 0.973 bits per heavy atom. The number of carbonyl (C=O) groups excluding carboxylic acids is 1. The highest BCUT2D eigenvalue weighted by Crippen LogP contribution is 2.34. The molecule has 0 saturated carbocycles. The van der Waals surface area contributed by atoms with Crippen LogP contribution in [-0.4, -0.2) is 32.9 Å². The molecular formula is C26H25F4NO5S. The molecule has 0 fully saturated rings. The van der Waals surface area contributed by atoms with Crippen molar-refractivity contribution in [1.29, 1.82) is 0 Å². The highest BCUT2D eigenvalue weighted by atomic mass is 32.2. The van der Waals surface area contributed by atoms with Crippen molar-refractivity contribution in [3.8, 4) is 11.5 Å². The van der Waals surface area contributed by atoms with E-state index in [4.69, 9.17) is 8.92 Å². The number of ether oxygens (including phenoxy) is 1. The van der Waals surface area contributed by atoms with Gasteiger partial charge in [-0.05, 0) is 60.0 Å². The monoisotopic (exact) mass is 539 g/mol. The zero-order valence-electron chi connectivity index (χ0n) is 20.3. The van der Waals surface area contributed by atoms with Gasteiger partial charge in [-0.3, -0.25) is 4.79 Å². The summed E-state index contributed by atoms with van der Waals surface area (Å²) in [5, 5.41) is 0. The van der Waals surface area contributed by atoms with Crippen molar-refractivity contribution in [3.63, 3.8) is 0 Å². The van der Waals surface area contributed by atoms with Crippen LogP contribution in [0.3, 0.4) is 0 Å². The second kappa shape index (κ2) is 11.2. The molecule has 3 aromatic carbocycles. The van der Waals surface area contributed by atoms with Gasteiger partial charge in [-0.1, -0.05) is 32.0 Å². The van der Waals surface area contributed by atoms with Gasteiger partial charge in [-0.25, -0.2) is 4.39 Å². The number of amides is 1. The van der Waals surface area contributed by atoms with E-state index in [1.54, 1.807) is 6.07 Å². The van der Waals surface area contributed by atoms with Gasteiger partial charge in [0.15, 0.2) is 11.5 Å². The third-order valence-electron chi connectivity index (χ3n) is 5.20. The first-order valence-corrected chi connectivity index (χ1v) is 12.5. The smallest absolute Gasteiger partial charge is 0.416 e. The molecule has 11 heteroatoms. The van der Waals surface area contributed by atoms with Gasteiger partial charge in [-0.2, -0.15) is 21.6 Å². The Balaban J connectivity index is 1.93. The van der Waals surface area contributed by atoms with E-state index in [-0.39, 0.29) is 29.5 Å². The molecular weight excluding hydrogens is 514 g/mol. The van der Waals surface area contributed by atoms with Gasteiger partial charge < -0.3 is 13.8 Å². The van der Waals surface area contributed by atoms with Crippen LogP contribution in [0.1, 0.15) is 35.3 Å². The highest BCUT2D eigenvalue weighted by Gasteiger charge is 2.32. The molecule has 0 aromatic heterocycles. The molecule has 0 aliphatic heterocycles. The van der Waals surface area contributed by atoms with E-state index in [1.807, 2.05) is 13.8 Å². The molecule has 0 saturated heterocycles. The van der Waals surface area contributed by atoms with Crippen LogP contribution in [0.4, 0.5) is 17.6 Å². The molecule has 0 unspecified atom stereocenters. The Kier molecular flexibility index (Phi) is 8.47. The topological polar surface area (TPSA) is 72.9 Å². The first-order chi connectivity index (χ1) is 17.3. The summed E-state index contributed by atoms with van der Waals surface area (Å²) in [5.41, 5.74) is -0.531. The summed E-state index contributed by atoms with van der Waals surface area (Å²) in [4.78, 5) is 13.9. The number of hydrogen-bond donors (Lipinski definition) is 0. The molecule has 0 bridgehead atoms. The van der Waals surface area contributed by atoms with E-state index >= 15 is 0 Å². The summed E-state index contributed by atoms with van der Waals surface area (Å²) in [5.74, 6) is -1.17. The zero-order chi connectivity index (χ0) is 27.4. The molecule has 0 atom stereocenters. The third kappa shape index (κ3) is 7.22. The lowest BCUT2D eigenvalue weighted by molar-refractivity contribution is -0.137. The Bertz CT molecular complexity index is 1370. The molecule has 6 nitrogen and oxygen atoms in total. The first kappa shape index (κ1) is 28.0. The number of hydrogen-bond acceptors (Lipinski definition) is 5. The van der Waals surface area contributed by atoms with E-state index in [0.29, 0.717) is 18.2 Å². The predicted octanol–water partition coefficient (Wildman–Crippen LogP) is 5.92. The van der Waals surface area contributed by atoms with Gasteiger partial charge in [0, 0.05) is 18.7 Å². The molecule has 37 heavy (non-hydrogen) atoms. The number of carbonyl (C=O) groups is 1. The summed E-state index contributed by atoms with van der Waals surface area (Å²) in [6, 6.07) is 12.8. The Hall–Kier alpha value is -3.60. The van der Waals surface area contributed by atoms with Crippen LogP contribution in [0.25, 0.3) is 0 Å². The summed E-state index contributed by atoms with van der Waals surface area (Å²) >= 11 is 0. The maximum atomic E-state index is 13.7. The molecule has 0 aliphatic rings. The van der Waals surface area contributed by atoms with Crippen LogP contribution in [0.5, 0.6) is 11.5 Å². The van der Waals surface area contributed by atoms with E-state index in [9.17, 15) is 30.8 Å². The largest absolute Gasteiger partial charge is 0.493 e. The average Bonchev–Trinajstić information content (AvgIpc) is 2.82. The number of nitrogens with zero attached hydrogens (tertiary/aromatic N) is 1. The van der Waals surface area contributed by atoms with Crippen molar-refractivity contribution in [2.75, 3.05) is 13.7 Å². The number of halogens is 4. The SMILES string of the molecule is COc1ccc(CN(CC(C)C)C(=O)c2cccc(F)c2)cc1OS(=O)(=O)c1cccc(C(F)(F)F)c1. The van der Waals surface area contributed by atoms with Crippen molar-refractivity contribution in [3.05, 3.63) is 89.2 Å². The zero-order valence-corrected chi connectivity index (χ0v) is 21.1. The van der Waals surface area contributed by atoms with Gasteiger partial charge in [0.05, 0.1) is 12.7 Å². The van der Waals surface area contributed by atoms with Crippen LogP contribution in [0.15, 0.2) is 71.6 Å². The fourth-order valence-corrected chi connectivity index (χ4v) is 4.54. The van der Waals surface area contributed by atoms with E-state index in [1.165, 1.54) is 42.3 Å². The van der Waals surface area contributed by atoms with Gasteiger partial charge in [0.2, 0.25) is 0 Å². The lowest BCUT2D eigenvalue weighted by atomic mass is 10.1. The second-order valence-electron chi connectivity index (χ2n) is 8.64. The lowest BCUT2D eigenvalue weighted by Gasteiger charge is -2.25. The minimum Gasteiger partial charge on any atom is -0.493 e. The Labute approximate surface area is 212 Å². The van der Waals surface area contributed by atoms with Crippen molar-refractivity contribution in [2.45, 2.75) is 31.5 Å². The summed E-state index contributed by atoms with van der Waals surface area (Å²) in [6.07, 6.45) is -4.74. The van der Waals surface area contributed by atoms with Crippen molar-refractivity contribution < 1.29 is 39.7 Å². The maximum absolute atomic E-state index is 13.7. The van der Waals surface area contributed by atoms with E-state index in [0.717, 1.165) is 24.3 Å². The van der Waals surface area contributed by atoms with Crippen LogP contribution in [-0.2, 0) is 22.8 Å². The fourth-order valence-electron chi connectivity index (χ4n) is 3.56. The molecule has 0 heterocycles. The Morgan fingerprint density at radius 2 is 1.68 bits per heavy atom. The quantitative estimate of drug-likeness (QED) is 0.249.